The summed E-state index contributed by atoms with van der Waals surface area (Å²) in [4.78, 5) is 27.8. The largest absolute Gasteiger partial charge is 0.493 e. The third kappa shape index (κ3) is 5.40. The Bertz CT molecular complexity index is 1410. The van der Waals surface area contributed by atoms with Crippen LogP contribution in [0.2, 0.25) is 0 Å². The van der Waals surface area contributed by atoms with Crippen molar-refractivity contribution in [3.63, 3.8) is 0 Å². The van der Waals surface area contributed by atoms with Crippen LogP contribution >= 0.6 is 24.0 Å². The molecular weight excluding hydrogens is 499 g/mol. The smallest absolute Gasteiger partial charge is 0.270 e. The Labute approximate surface area is 217 Å². The van der Waals surface area contributed by atoms with Crippen LogP contribution < -0.4 is 19.7 Å². The minimum atomic E-state index is -0.406. The number of methoxy groups -OCH3 is 1. The van der Waals surface area contributed by atoms with E-state index in [1.165, 1.54) is 36.3 Å². The standard InChI is InChI=1S/C27H19FN2O4S2/c1-3-14-34-24-17(6-5-9-22(24)33-2)16-23-26(32)30(27(35)36-23)21-8-4-7-18(15-21)25(31)29-20-12-10-19(28)11-13-20/h1,4-13,15-16H,14H2,2H3,(H,29,31)/b23-16+. The highest BCUT2D eigenvalue weighted by Crippen LogP contribution is 2.39. The van der Waals surface area contributed by atoms with Crippen molar-refractivity contribution in [2.24, 2.45) is 0 Å². The van der Waals surface area contributed by atoms with Gasteiger partial charge in [-0.25, -0.2) is 4.39 Å². The normalized spacial score (nSPS) is 14.0. The number of carbonyl (C=O) groups excluding carboxylic acids is 2. The van der Waals surface area contributed by atoms with E-state index in [1.54, 1.807) is 48.5 Å². The molecule has 0 aromatic heterocycles. The van der Waals surface area contributed by atoms with E-state index >= 15 is 0 Å². The molecule has 0 bridgehead atoms. The summed E-state index contributed by atoms with van der Waals surface area (Å²) < 4.78 is 24.5. The molecule has 0 unspecified atom stereocenters. The fourth-order valence-electron chi connectivity index (χ4n) is 3.43. The molecule has 36 heavy (non-hydrogen) atoms. The molecule has 0 aliphatic carbocycles. The summed E-state index contributed by atoms with van der Waals surface area (Å²) >= 11 is 6.61. The zero-order valence-electron chi connectivity index (χ0n) is 19.0. The number of thiocarbonyl (C=S) groups is 1. The van der Waals surface area contributed by atoms with Crippen molar-refractivity contribution in [3.05, 3.63) is 88.6 Å². The molecule has 1 heterocycles. The molecule has 6 nitrogen and oxygen atoms in total. The molecule has 0 saturated carbocycles. The maximum absolute atomic E-state index is 13.3. The van der Waals surface area contributed by atoms with Gasteiger partial charge in [-0.2, -0.15) is 0 Å². The number of halogens is 1. The van der Waals surface area contributed by atoms with E-state index in [4.69, 9.17) is 28.1 Å². The predicted octanol–water partition coefficient (Wildman–Crippen LogP) is 5.50. The number of hydrogen-bond donors (Lipinski definition) is 1. The van der Waals surface area contributed by atoms with Gasteiger partial charge in [-0.3, -0.25) is 14.5 Å². The van der Waals surface area contributed by atoms with E-state index < -0.39 is 11.7 Å². The van der Waals surface area contributed by atoms with Crippen molar-refractivity contribution in [3.8, 4) is 23.8 Å². The van der Waals surface area contributed by atoms with Crippen LogP contribution in [0.1, 0.15) is 15.9 Å². The number of rotatable bonds is 7. The van der Waals surface area contributed by atoms with E-state index in [2.05, 4.69) is 11.2 Å². The lowest BCUT2D eigenvalue weighted by atomic mass is 10.1. The second-order valence-corrected chi connectivity index (χ2v) is 9.08. The third-order valence-electron chi connectivity index (χ3n) is 5.08. The third-order valence-corrected chi connectivity index (χ3v) is 6.38. The van der Waals surface area contributed by atoms with Crippen molar-refractivity contribution in [1.29, 1.82) is 0 Å². The molecule has 1 aliphatic heterocycles. The summed E-state index contributed by atoms with van der Waals surface area (Å²) in [6.45, 7) is 0.0367. The first-order valence-corrected chi connectivity index (χ1v) is 11.8. The van der Waals surface area contributed by atoms with Gasteiger partial charge in [0, 0.05) is 16.8 Å². The van der Waals surface area contributed by atoms with Crippen LogP contribution in [-0.4, -0.2) is 29.9 Å². The van der Waals surface area contributed by atoms with Gasteiger partial charge in [0.05, 0.1) is 17.7 Å². The Hall–Kier alpha value is -4.13. The number of ether oxygens (including phenoxy) is 2. The second kappa shape index (κ2) is 11.1. The molecule has 9 heteroatoms. The number of amides is 2. The number of hydrogen-bond acceptors (Lipinski definition) is 6. The topological polar surface area (TPSA) is 67.9 Å². The molecule has 180 valence electrons. The number of anilines is 2. The molecule has 3 aromatic rings. The van der Waals surface area contributed by atoms with Crippen molar-refractivity contribution < 1.29 is 23.5 Å². The van der Waals surface area contributed by atoms with Crippen LogP contribution in [0.25, 0.3) is 6.08 Å². The van der Waals surface area contributed by atoms with Crippen LogP contribution in [0, 0.1) is 18.2 Å². The number of nitrogens with zero attached hydrogens (tertiary/aromatic N) is 1. The quantitative estimate of drug-likeness (QED) is 0.253. The molecule has 2 amide bonds. The zero-order valence-corrected chi connectivity index (χ0v) is 20.6. The molecule has 1 saturated heterocycles. The molecular formula is C27H19FN2O4S2. The molecule has 1 N–H and O–H groups in total. The minimum absolute atomic E-state index is 0.0367. The average molecular weight is 519 g/mol. The van der Waals surface area contributed by atoms with E-state index in [0.29, 0.717) is 43.2 Å². The van der Waals surface area contributed by atoms with Gasteiger partial charge in [0.1, 0.15) is 12.4 Å². The lowest BCUT2D eigenvalue weighted by Crippen LogP contribution is -2.27. The Morgan fingerprint density at radius 3 is 2.67 bits per heavy atom. The van der Waals surface area contributed by atoms with Crippen molar-refractivity contribution >= 4 is 57.6 Å². The van der Waals surface area contributed by atoms with Gasteiger partial charge in [-0.1, -0.05) is 48.1 Å². The van der Waals surface area contributed by atoms with Gasteiger partial charge in [0.15, 0.2) is 15.8 Å². The fourth-order valence-corrected chi connectivity index (χ4v) is 4.72. The van der Waals surface area contributed by atoms with Gasteiger partial charge in [-0.15, -0.1) is 6.42 Å². The number of carbonyl (C=O) groups is 2. The van der Waals surface area contributed by atoms with Crippen LogP contribution in [0.5, 0.6) is 11.5 Å². The lowest BCUT2D eigenvalue weighted by molar-refractivity contribution is -0.113. The van der Waals surface area contributed by atoms with E-state index in [0.717, 1.165) is 11.8 Å². The predicted molar refractivity (Wildman–Crippen MR) is 144 cm³/mol. The maximum Gasteiger partial charge on any atom is 0.270 e. The second-order valence-electron chi connectivity index (χ2n) is 7.40. The maximum atomic E-state index is 13.3. The SMILES string of the molecule is C#CCOc1c(/C=C2/SC(=S)N(c3cccc(C(=O)Nc4ccc(F)cc4)c3)C2=O)cccc1OC. The lowest BCUT2D eigenvalue weighted by Gasteiger charge is -2.16. The van der Waals surface area contributed by atoms with Crippen molar-refractivity contribution in [2.45, 2.75) is 0 Å². The molecule has 1 aliphatic rings. The van der Waals surface area contributed by atoms with Gasteiger partial charge < -0.3 is 14.8 Å². The Balaban J connectivity index is 1.59. The van der Waals surface area contributed by atoms with E-state index in [1.807, 2.05) is 0 Å². The number of thioether (sulfide) groups is 1. The van der Waals surface area contributed by atoms with Crippen molar-refractivity contribution in [2.75, 3.05) is 23.9 Å². The van der Waals surface area contributed by atoms with Gasteiger partial charge in [0.2, 0.25) is 0 Å². The van der Waals surface area contributed by atoms with Crippen molar-refractivity contribution in [1.82, 2.24) is 0 Å². The Morgan fingerprint density at radius 1 is 1.19 bits per heavy atom. The fraction of sp³-hybridized carbons (Fsp3) is 0.0741. The summed E-state index contributed by atoms with van der Waals surface area (Å²) in [5, 5.41) is 2.70. The Morgan fingerprint density at radius 2 is 1.94 bits per heavy atom. The molecule has 3 aromatic carbocycles. The average Bonchev–Trinajstić information content (AvgIpc) is 3.16. The van der Waals surface area contributed by atoms with Crippen LogP contribution in [-0.2, 0) is 4.79 Å². The first-order valence-electron chi connectivity index (χ1n) is 10.6. The summed E-state index contributed by atoms with van der Waals surface area (Å²) in [7, 11) is 1.51. The van der Waals surface area contributed by atoms with Crippen LogP contribution in [0.4, 0.5) is 15.8 Å². The number of benzene rings is 3. The first kappa shape index (κ1) is 25.0. The Kier molecular flexibility index (Phi) is 7.68. The van der Waals surface area contributed by atoms with Gasteiger partial charge >= 0.3 is 0 Å². The number of nitrogens with one attached hydrogen (secondary N) is 1. The molecule has 1 fully saturated rings. The minimum Gasteiger partial charge on any atom is -0.493 e. The summed E-state index contributed by atoms with van der Waals surface area (Å²) in [6.07, 6.45) is 7.00. The highest BCUT2D eigenvalue weighted by molar-refractivity contribution is 8.27. The van der Waals surface area contributed by atoms with E-state index in [-0.39, 0.29) is 12.5 Å². The molecule has 4 rings (SSSR count). The zero-order chi connectivity index (χ0) is 25.7. The van der Waals surface area contributed by atoms with Gasteiger partial charge in [-0.05, 0) is 54.6 Å². The molecule has 0 radical (unpaired) electrons. The van der Waals surface area contributed by atoms with Gasteiger partial charge in [0.25, 0.3) is 11.8 Å². The summed E-state index contributed by atoms with van der Waals surface area (Å²) in [5.41, 5.74) is 1.81. The van der Waals surface area contributed by atoms with Crippen LogP contribution in [0.3, 0.4) is 0 Å². The molecule has 0 spiro atoms. The molecule has 0 atom stereocenters. The first-order chi connectivity index (χ1) is 17.4. The summed E-state index contributed by atoms with van der Waals surface area (Å²) in [6, 6.07) is 17.2. The number of para-hydroxylation sites is 1. The monoisotopic (exact) mass is 518 g/mol. The van der Waals surface area contributed by atoms with Crippen LogP contribution in [0.15, 0.2) is 71.6 Å². The van der Waals surface area contributed by atoms with E-state index in [9.17, 15) is 14.0 Å². The highest BCUT2D eigenvalue weighted by Gasteiger charge is 2.34. The number of terminal acetylenes is 1. The highest BCUT2D eigenvalue weighted by atomic mass is 32.2. The summed E-state index contributed by atoms with van der Waals surface area (Å²) in [5.74, 6) is 2.17.